The summed E-state index contributed by atoms with van der Waals surface area (Å²) in [6.45, 7) is 5.54. The second-order valence-corrected chi connectivity index (χ2v) is 7.70. The molecule has 1 aliphatic rings. The Morgan fingerprint density at radius 3 is 2.55 bits per heavy atom. The van der Waals surface area contributed by atoms with Crippen molar-refractivity contribution in [2.24, 2.45) is 0 Å². The Morgan fingerprint density at radius 1 is 1.06 bits per heavy atom. The number of piperazine rings is 1. The number of carbonyl (C=O) groups excluding carboxylic acids is 1. The molecule has 2 aromatic carbocycles. The van der Waals surface area contributed by atoms with E-state index in [1.165, 1.54) is 0 Å². The van der Waals surface area contributed by atoms with E-state index in [2.05, 4.69) is 27.1 Å². The van der Waals surface area contributed by atoms with Gasteiger partial charge in [0.15, 0.2) is 11.5 Å². The molecule has 162 valence electrons. The highest BCUT2D eigenvalue weighted by molar-refractivity contribution is 5.98. The monoisotopic (exact) mass is 420 g/mol. The molecule has 0 radical (unpaired) electrons. The standard InChI is InChI=1S/C24H28N4O3/c1-27-13-15-28(16-14-27)12-11-25-23(29)21-22(18-7-4-3-5-8-18)31-24(26-21)19-9-6-10-20(17-19)30-2/h3-10,17H,11-16H2,1-2H3,(H,25,29). The highest BCUT2D eigenvalue weighted by atomic mass is 16.5. The quantitative estimate of drug-likeness (QED) is 0.634. The van der Waals surface area contributed by atoms with Gasteiger partial charge in [-0.3, -0.25) is 9.69 Å². The molecule has 0 bridgehead atoms. The summed E-state index contributed by atoms with van der Waals surface area (Å²) in [6.07, 6.45) is 0. The summed E-state index contributed by atoms with van der Waals surface area (Å²) in [4.78, 5) is 22.2. The number of nitrogens with zero attached hydrogens (tertiary/aromatic N) is 3. The summed E-state index contributed by atoms with van der Waals surface area (Å²) in [5, 5.41) is 3.01. The van der Waals surface area contributed by atoms with Crippen molar-refractivity contribution in [1.82, 2.24) is 20.1 Å². The fourth-order valence-corrected chi connectivity index (χ4v) is 3.62. The van der Waals surface area contributed by atoms with Crippen molar-refractivity contribution in [2.45, 2.75) is 0 Å². The van der Waals surface area contributed by atoms with E-state index in [0.717, 1.165) is 43.9 Å². The number of nitrogens with one attached hydrogen (secondary N) is 1. The second kappa shape index (κ2) is 9.76. The highest BCUT2D eigenvalue weighted by Gasteiger charge is 2.22. The number of ether oxygens (including phenoxy) is 1. The lowest BCUT2D eigenvalue weighted by molar-refractivity contribution is 0.0937. The number of aromatic nitrogens is 1. The van der Waals surface area contributed by atoms with Crippen LogP contribution in [0.1, 0.15) is 10.5 Å². The first-order chi connectivity index (χ1) is 15.1. The molecule has 0 atom stereocenters. The normalized spacial score (nSPS) is 15.0. The Balaban J connectivity index is 1.53. The molecule has 0 spiro atoms. The van der Waals surface area contributed by atoms with E-state index in [-0.39, 0.29) is 5.91 Å². The molecule has 4 rings (SSSR count). The fraction of sp³-hybridized carbons (Fsp3) is 0.333. The molecule has 31 heavy (non-hydrogen) atoms. The second-order valence-electron chi connectivity index (χ2n) is 7.70. The molecule has 1 N–H and O–H groups in total. The topological polar surface area (TPSA) is 70.8 Å². The number of likely N-dealkylation sites (N-methyl/N-ethyl adjacent to an activating group) is 1. The van der Waals surface area contributed by atoms with Crippen molar-refractivity contribution in [2.75, 3.05) is 53.4 Å². The Morgan fingerprint density at radius 2 is 1.81 bits per heavy atom. The van der Waals surface area contributed by atoms with Gasteiger partial charge in [-0.2, -0.15) is 0 Å². The van der Waals surface area contributed by atoms with Crippen LogP contribution in [0.5, 0.6) is 5.75 Å². The largest absolute Gasteiger partial charge is 0.497 e. The lowest BCUT2D eigenvalue weighted by Crippen LogP contribution is -2.46. The van der Waals surface area contributed by atoms with E-state index < -0.39 is 0 Å². The first kappa shape index (κ1) is 21.1. The van der Waals surface area contributed by atoms with Crippen molar-refractivity contribution in [3.05, 3.63) is 60.3 Å². The van der Waals surface area contributed by atoms with Crippen molar-refractivity contribution >= 4 is 5.91 Å². The van der Waals surface area contributed by atoms with Crippen LogP contribution in [0.15, 0.2) is 59.0 Å². The van der Waals surface area contributed by atoms with Crippen LogP contribution < -0.4 is 10.1 Å². The molecule has 0 saturated carbocycles. The van der Waals surface area contributed by atoms with Gasteiger partial charge in [0.1, 0.15) is 5.75 Å². The number of rotatable bonds is 7. The Kier molecular flexibility index (Phi) is 6.64. The number of carbonyl (C=O) groups is 1. The summed E-state index contributed by atoms with van der Waals surface area (Å²) in [7, 11) is 3.75. The lowest BCUT2D eigenvalue weighted by Gasteiger charge is -2.32. The minimum absolute atomic E-state index is 0.231. The van der Waals surface area contributed by atoms with Gasteiger partial charge in [0.2, 0.25) is 5.89 Å². The number of hydrogen-bond donors (Lipinski definition) is 1. The number of hydrogen-bond acceptors (Lipinski definition) is 6. The molecule has 2 heterocycles. The van der Waals surface area contributed by atoms with E-state index in [4.69, 9.17) is 9.15 Å². The van der Waals surface area contributed by atoms with E-state index in [1.807, 2.05) is 54.6 Å². The van der Waals surface area contributed by atoms with Crippen molar-refractivity contribution < 1.29 is 13.9 Å². The molecular weight excluding hydrogens is 392 g/mol. The first-order valence-corrected chi connectivity index (χ1v) is 10.5. The molecule has 1 saturated heterocycles. The lowest BCUT2D eigenvalue weighted by atomic mass is 10.1. The van der Waals surface area contributed by atoms with Crippen molar-refractivity contribution in [3.8, 4) is 28.5 Å². The molecular formula is C24H28N4O3. The first-order valence-electron chi connectivity index (χ1n) is 10.5. The molecule has 1 amide bonds. The number of oxazole rings is 1. The summed E-state index contributed by atoms with van der Waals surface area (Å²) >= 11 is 0. The highest BCUT2D eigenvalue weighted by Crippen LogP contribution is 2.31. The van der Waals surface area contributed by atoms with E-state index >= 15 is 0 Å². The van der Waals surface area contributed by atoms with Gasteiger partial charge >= 0.3 is 0 Å². The van der Waals surface area contributed by atoms with Crippen LogP contribution in [-0.4, -0.2) is 74.1 Å². The molecule has 1 aliphatic heterocycles. The van der Waals surface area contributed by atoms with Crippen LogP contribution >= 0.6 is 0 Å². The van der Waals surface area contributed by atoms with Crippen LogP contribution in [0.2, 0.25) is 0 Å². The van der Waals surface area contributed by atoms with Crippen LogP contribution in [0.3, 0.4) is 0 Å². The molecule has 0 aliphatic carbocycles. The van der Waals surface area contributed by atoms with Gasteiger partial charge in [0.05, 0.1) is 7.11 Å². The molecule has 3 aromatic rings. The Labute approximate surface area is 182 Å². The van der Waals surface area contributed by atoms with E-state index in [9.17, 15) is 4.79 Å². The number of benzene rings is 2. The third-order valence-corrected chi connectivity index (χ3v) is 5.50. The molecule has 7 nitrogen and oxygen atoms in total. The van der Waals surface area contributed by atoms with Crippen molar-refractivity contribution in [1.29, 1.82) is 0 Å². The zero-order chi connectivity index (χ0) is 21.6. The van der Waals surface area contributed by atoms with Gasteiger partial charge in [-0.1, -0.05) is 36.4 Å². The predicted octanol–water partition coefficient (Wildman–Crippen LogP) is 2.99. The maximum absolute atomic E-state index is 13.0. The van der Waals surface area contributed by atoms with E-state index in [1.54, 1.807) is 7.11 Å². The average Bonchev–Trinajstić information content (AvgIpc) is 3.27. The number of amides is 1. The smallest absolute Gasteiger partial charge is 0.273 e. The van der Waals surface area contributed by atoms with Crippen LogP contribution in [0.4, 0.5) is 0 Å². The summed E-state index contributed by atoms with van der Waals surface area (Å²) in [5.74, 6) is 1.33. The molecule has 1 aromatic heterocycles. The summed E-state index contributed by atoms with van der Waals surface area (Å²) < 4.78 is 11.4. The van der Waals surface area contributed by atoms with E-state index in [0.29, 0.717) is 29.6 Å². The Bertz CT molecular complexity index is 1010. The van der Waals surface area contributed by atoms with Crippen LogP contribution in [0.25, 0.3) is 22.8 Å². The molecule has 7 heteroatoms. The van der Waals surface area contributed by atoms with Gasteiger partial charge in [0.25, 0.3) is 5.91 Å². The van der Waals surface area contributed by atoms with Gasteiger partial charge < -0.3 is 19.4 Å². The van der Waals surface area contributed by atoms with Crippen LogP contribution in [0, 0.1) is 0 Å². The minimum atomic E-state index is -0.231. The zero-order valence-corrected chi connectivity index (χ0v) is 18.0. The zero-order valence-electron chi connectivity index (χ0n) is 18.0. The van der Waals surface area contributed by atoms with Gasteiger partial charge in [-0.15, -0.1) is 0 Å². The summed E-state index contributed by atoms with van der Waals surface area (Å²) in [5.41, 5.74) is 1.86. The predicted molar refractivity (Wildman–Crippen MR) is 120 cm³/mol. The molecule has 1 fully saturated rings. The summed E-state index contributed by atoms with van der Waals surface area (Å²) in [6, 6.07) is 17.0. The third kappa shape index (κ3) is 5.13. The average molecular weight is 421 g/mol. The van der Waals surface area contributed by atoms with Gasteiger partial charge in [0, 0.05) is 50.4 Å². The van der Waals surface area contributed by atoms with Gasteiger partial charge in [-0.05, 0) is 25.2 Å². The van der Waals surface area contributed by atoms with Gasteiger partial charge in [-0.25, -0.2) is 4.98 Å². The fourth-order valence-electron chi connectivity index (χ4n) is 3.62. The van der Waals surface area contributed by atoms with Crippen LogP contribution in [-0.2, 0) is 0 Å². The third-order valence-electron chi connectivity index (χ3n) is 5.50. The SMILES string of the molecule is COc1cccc(-c2nc(C(=O)NCCN3CCN(C)CC3)c(-c3ccccc3)o2)c1. The Hall–Kier alpha value is -3.16. The minimum Gasteiger partial charge on any atom is -0.497 e. The number of methoxy groups -OCH3 is 1. The maximum atomic E-state index is 13.0. The van der Waals surface area contributed by atoms with Crippen molar-refractivity contribution in [3.63, 3.8) is 0 Å². The maximum Gasteiger partial charge on any atom is 0.273 e. The molecule has 0 unspecified atom stereocenters.